The first-order valence-corrected chi connectivity index (χ1v) is 14.7. The van der Waals surface area contributed by atoms with Crippen LogP contribution in [0, 0.1) is 5.41 Å². The number of aryl methyl sites for hydroxylation is 1. The number of carbonyl (C=O) groups is 3. The van der Waals surface area contributed by atoms with E-state index < -0.39 is 0 Å². The first kappa shape index (κ1) is 27.6. The zero-order chi connectivity index (χ0) is 27.8. The van der Waals surface area contributed by atoms with Gasteiger partial charge in [0.05, 0.1) is 23.1 Å². The molecule has 4 heterocycles. The summed E-state index contributed by atoms with van der Waals surface area (Å²) in [6.45, 7) is 7.14. The molecular weight excluding hydrogens is 514 g/mol. The van der Waals surface area contributed by atoms with Crippen molar-refractivity contribution in [2.75, 3.05) is 39.0 Å². The van der Waals surface area contributed by atoms with Gasteiger partial charge in [0.15, 0.2) is 0 Å². The summed E-state index contributed by atoms with van der Waals surface area (Å²) >= 11 is 1.43. The summed E-state index contributed by atoms with van der Waals surface area (Å²) in [7, 11) is 1.40. The van der Waals surface area contributed by atoms with Gasteiger partial charge in [-0.05, 0) is 69.7 Å². The number of ether oxygens (including phenoxy) is 2. The predicted octanol–water partition coefficient (Wildman–Crippen LogP) is 4.52. The van der Waals surface area contributed by atoms with Crippen molar-refractivity contribution in [1.29, 1.82) is 0 Å². The van der Waals surface area contributed by atoms with E-state index in [1.54, 1.807) is 0 Å². The molecule has 1 atom stereocenters. The van der Waals surface area contributed by atoms with E-state index in [4.69, 9.17) is 15.2 Å². The summed E-state index contributed by atoms with van der Waals surface area (Å²) in [6.07, 6.45) is 5.45. The van der Waals surface area contributed by atoms with Gasteiger partial charge in [0.2, 0.25) is 0 Å². The minimum absolute atomic E-state index is 0.0145. The Morgan fingerprint density at radius 2 is 1.87 bits per heavy atom. The average molecular weight is 554 g/mol. The number of nitrogens with zero attached hydrogens (tertiary/aromatic N) is 2. The lowest BCUT2D eigenvalue weighted by Crippen LogP contribution is -2.53. The molecule has 3 fully saturated rings. The highest BCUT2D eigenvalue weighted by atomic mass is 32.1. The fourth-order valence-electron chi connectivity index (χ4n) is 6.58. The van der Waals surface area contributed by atoms with E-state index in [9.17, 15) is 14.4 Å². The van der Waals surface area contributed by atoms with Crippen molar-refractivity contribution in [3.63, 3.8) is 0 Å². The Hall–Kier alpha value is -2.91. The Kier molecular flexibility index (Phi) is 7.75. The lowest BCUT2D eigenvalue weighted by atomic mass is 9.74. The summed E-state index contributed by atoms with van der Waals surface area (Å²) in [6, 6.07) is 10.3. The molecule has 1 aromatic heterocycles. The van der Waals surface area contributed by atoms with Crippen LogP contribution in [-0.4, -0.2) is 72.6 Å². The lowest BCUT2D eigenvalue weighted by molar-refractivity contribution is -0.154. The zero-order valence-electron chi connectivity index (χ0n) is 23.2. The van der Waals surface area contributed by atoms with Crippen molar-refractivity contribution in [1.82, 2.24) is 9.80 Å². The van der Waals surface area contributed by atoms with Crippen LogP contribution in [0.2, 0.25) is 0 Å². The largest absolute Gasteiger partial charge is 0.469 e. The van der Waals surface area contributed by atoms with Crippen LogP contribution in [0.25, 0.3) is 10.4 Å². The Bertz CT molecular complexity index is 1230. The fraction of sp³-hybridized carbons (Fsp3) is 0.567. The van der Waals surface area contributed by atoms with Crippen LogP contribution in [0.3, 0.4) is 0 Å². The van der Waals surface area contributed by atoms with Gasteiger partial charge in [-0.25, -0.2) is 0 Å². The van der Waals surface area contributed by atoms with Gasteiger partial charge in [0, 0.05) is 43.4 Å². The number of piperidine rings is 2. The van der Waals surface area contributed by atoms with Gasteiger partial charge in [-0.1, -0.05) is 24.3 Å². The van der Waals surface area contributed by atoms with Crippen LogP contribution in [0.4, 0.5) is 5.00 Å². The van der Waals surface area contributed by atoms with Crippen molar-refractivity contribution >= 4 is 34.2 Å². The molecular formula is C30H39N3O5S. The van der Waals surface area contributed by atoms with Crippen LogP contribution in [0.1, 0.15) is 68.3 Å². The molecule has 0 radical (unpaired) electrons. The second-order valence-corrected chi connectivity index (χ2v) is 12.9. The third kappa shape index (κ3) is 5.84. The van der Waals surface area contributed by atoms with E-state index >= 15 is 0 Å². The van der Waals surface area contributed by atoms with Gasteiger partial charge >= 0.3 is 11.9 Å². The maximum atomic E-state index is 13.4. The Morgan fingerprint density at radius 1 is 1.15 bits per heavy atom. The molecule has 2 aromatic rings. The quantitative estimate of drug-likeness (QED) is 0.525. The molecule has 39 heavy (non-hydrogen) atoms. The predicted molar refractivity (Wildman–Crippen MR) is 151 cm³/mol. The number of methoxy groups -OCH3 is 1. The fourth-order valence-corrected chi connectivity index (χ4v) is 7.50. The van der Waals surface area contributed by atoms with Crippen molar-refractivity contribution in [3.05, 3.63) is 41.5 Å². The number of hydrogen-bond acceptors (Lipinski definition) is 8. The third-order valence-corrected chi connectivity index (χ3v) is 9.53. The van der Waals surface area contributed by atoms with E-state index in [0.717, 1.165) is 61.2 Å². The van der Waals surface area contributed by atoms with Crippen LogP contribution in [-0.2, 0) is 25.5 Å². The number of nitrogen functional groups attached to an aromatic ring is 1. The van der Waals surface area contributed by atoms with Crippen LogP contribution in [0.15, 0.2) is 30.3 Å². The number of benzene rings is 1. The van der Waals surface area contributed by atoms with Crippen molar-refractivity contribution in [2.45, 2.75) is 70.4 Å². The summed E-state index contributed by atoms with van der Waals surface area (Å²) in [5, 5.41) is 0.534. The SMILES string of the molecule is COC(=O)CCc1ccc(-c2cc(C(=O)N3CCC(N4CCCC5(C4)CC(C)(C)OC5=O)CC3)c(N)s2)cc1. The molecule has 0 saturated carbocycles. The smallest absolute Gasteiger partial charge is 0.314 e. The number of cyclic esters (lactones) is 1. The van der Waals surface area contributed by atoms with Crippen molar-refractivity contribution in [2.24, 2.45) is 5.41 Å². The molecule has 3 aliphatic rings. The summed E-state index contributed by atoms with van der Waals surface area (Å²) < 4.78 is 10.4. The number of nitrogens with two attached hydrogens (primary N) is 1. The van der Waals surface area contributed by atoms with Gasteiger partial charge in [0.1, 0.15) is 5.60 Å². The molecule has 8 nitrogen and oxygen atoms in total. The highest BCUT2D eigenvalue weighted by Crippen LogP contribution is 2.47. The Balaban J connectivity index is 1.18. The van der Waals surface area contributed by atoms with Gasteiger partial charge in [0.25, 0.3) is 5.91 Å². The highest BCUT2D eigenvalue weighted by Gasteiger charge is 2.54. The lowest BCUT2D eigenvalue weighted by Gasteiger charge is -2.44. The standard InChI is InChI=1S/C30H39N3O5S/c1-29(2)18-30(28(36)38-29)13-4-14-33(19-30)22-11-15-32(16-12-22)27(35)23-17-24(39-26(23)31)21-8-5-20(6-9-21)7-10-25(34)37-3/h5-6,8-9,17,22H,4,7,10-16,18-19,31H2,1-3H3. The highest BCUT2D eigenvalue weighted by molar-refractivity contribution is 7.19. The van der Waals surface area contributed by atoms with Crippen molar-refractivity contribution in [3.8, 4) is 10.4 Å². The molecule has 1 spiro atoms. The van der Waals surface area contributed by atoms with E-state index in [1.165, 1.54) is 18.4 Å². The summed E-state index contributed by atoms with van der Waals surface area (Å²) in [4.78, 5) is 43.0. The Labute approximate surface area is 234 Å². The number of hydrogen-bond donors (Lipinski definition) is 1. The van der Waals surface area contributed by atoms with Crippen LogP contribution in [0.5, 0.6) is 0 Å². The molecule has 3 saturated heterocycles. The molecule has 0 bridgehead atoms. The monoisotopic (exact) mass is 553 g/mol. The number of esters is 2. The summed E-state index contributed by atoms with van der Waals surface area (Å²) in [5.74, 6) is -0.275. The van der Waals surface area contributed by atoms with E-state index in [2.05, 4.69) is 4.90 Å². The van der Waals surface area contributed by atoms with Gasteiger partial charge in [-0.15, -0.1) is 11.3 Å². The topological polar surface area (TPSA) is 102 Å². The molecule has 210 valence electrons. The second-order valence-electron chi connectivity index (χ2n) is 11.9. The molecule has 2 N–H and O–H groups in total. The minimum Gasteiger partial charge on any atom is -0.469 e. The Morgan fingerprint density at radius 3 is 2.51 bits per heavy atom. The molecule has 1 amide bonds. The maximum absolute atomic E-state index is 13.4. The first-order valence-electron chi connectivity index (χ1n) is 13.9. The van der Waals surface area contributed by atoms with Gasteiger partial charge < -0.3 is 20.1 Å². The van der Waals surface area contributed by atoms with E-state index in [1.807, 2.05) is 49.1 Å². The van der Waals surface area contributed by atoms with Crippen LogP contribution >= 0.6 is 11.3 Å². The van der Waals surface area contributed by atoms with Crippen molar-refractivity contribution < 1.29 is 23.9 Å². The molecule has 5 rings (SSSR count). The first-order chi connectivity index (χ1) is 18.6. The zero-order valence-corrected chi connectivity index (χ0v) is 24.0. The van der Waals surface area contributed by atoms with Gasteiger partial charge in [-0.3, -0.25) is 19.3 Å². The number of likely N-dealkylation sites (tertiary alicyclic amines) is 2. The number of amides is 1. The second kappa shape index (κ2) is 10.9. The van der Waals surface area contributed by atoms with E-state index in [-0.39, 0.29) is 28.9 Å². The van der Waals surface area contributed by atoms with Gasteiger partial charge in [-0.2, -0.15) is 0 Å². The summed E-state index contributed by atoms with van der Waals surface area (Å²) in [5.41, 5.74) is 8.18. The molecule has 9 heteroatoms. The molecule has 3 aliphatic heterocycles. The van der Waals surface area contributed by atoms with E-state index in [0.29, 0.717) is 42.5 Å². The third-order valence-electron chi connectivity index (χ3n) is 8.52. The molecule has 0 aliphatic carbocycles. The average Bonchev–Trinajstić information content (AvgIpc) is 3.42. The minimum atomic E-state index is -0.387. The number of anilines is 1. The number of thiophene rings is 1. The van der Waals surface area contributed by atoms with Crippen LogP contribution < -0.4 is 5.73 Å². The maximum Gasteiger partial charge on any atom is 0.314 e. The molecule has 1 aromatic carbocycles. The number of rotatable bonds is 6. The normalized spacial score (nSPS) is 23.7. The number of carbonyl (C=O) groups excluding carboxylic acids is 3. The molecule has 1 unspecified atom stereocenters.